The van der Waals surface area contributed by atoms with E-state index < -0.39 is 28.0 Å². The van der Waals surface area contributed by atoms with Crippen LogP contribution in [0.2, 0.25) is 0 Å². The minimum absolute atomic E-state index is 0.148. The van der Waals surface area contributed by atoms with Gasteiger partial charge in [0.2, 0.25) is 5.82 Å². The van der Waals surface area contributed by atoms with Crippen molar-refractivity contribution in [2.75, 3.05) is 0 Å². The first kappa shape index (κ1) is 14.9. The topological polar surface area (TPSA) is 72.6 Å². The van der Waals surface area contributed by atoms with Gasteiger partial charge in [-0.3, -0.25) is 10.1 Å². The molecule has 0 heterocycles. The number of rotatable bonds is 4. The summed E-state index contributed by atoms with van der Waals surface area (Å²) in [6.45, 7) is 1.46. The number of aryl methyl sites for hydroxylation is 1. The average molecular weight is 295 g/mol. The molecule has 0 aromatic heterocycles. The van der Waals surface area contributed by atoms with Crippen molar-refractivity contribution in [3.63, 3.8) is 0 Å². The number of aliphatic hydroxyl groups is 1. The van der Waals surface area contributed by atoms with Crippen LogP contribution in [0.5, 0.6) is 11.5 Å². The molecule has 0 aliphatic rings. The van der Waals surface area contributed by atoms with Gasteiger partial charge in [0.15, 0.2) is 11.6 Å². The number of nitro groups is 1. The number of benzene rings is 2. The van der Waals surface area contributed by atoms with Crippen LogP contribution in [0.15, 0.2) is 30.3 Å². The number of nitro benzene ring substituents is 1. The second kappa shape index (κ2) is 5.84. The van der Waals surface area contributed by atoms with Crippen LogP contribution in [0, 0.1) is 28.7 Å². The molecule has 0 fully saturated rings. The summed E-state index contributed by atoms with van der Waals surface area (Å²) in [6.07, 6.45) is 0. The lowest BCUT2D eigenvalue weighted by Crippen LogP contribution is -1.98. The van der Waals surface area contributed by atoms with Crippen LogP contribution in [-0.4, -0.2) is 10.0 Å². The SMILES string of the molecule is Cc1ccc(Oc2cc(F)c([N+](=O)[O-])cc2F)c(CO)c1. The first-order chi connectivity index (χ1) is 9.92. The monoisotopic (exact) mass is 295 g/mol. The van der Waals surface area contributed by atoms with Gasteiger partial charge in [-0.05, 0) is 13.0 Å². The fourth-order valence-corrected chi connectivity index (χ4v) is 1.79. The van der Waals surface area contributed by atoms with Gasteiger partial charge in [-0.2, -0.15) is 4.39 Å². The quantitative estimate of drug-likeness (QED) is 0.692. The Morgan fingerprint density at radius 1 is 1.19 bits per heavy atom. The smallest absolute Gasteiger partial charge is 0.307 e. The number of ether oxygens (including phenoxy) is 1. The molecule has 0 radical (unpaired) electrons. The third kappa shape index (κ3) is 3.14. The molecule has 2 aromatic rings. The third-order valence-corrected chi connectivity index (χ3v) is 2.80. The molecule has 2 aromatic carbocycles. The average Bonchev–Trinajstić information content (AvgIpc) is 2.43. The fourth-order valence-electron chi connectivity index (χ4n) is 1.79. The van der Waals surface area contributed by atoms with Crippen LogP contribution in [0.4, 0.5) is 14.5 Å². The van der Waals surface area contributed by atoms with Gasteiger partial charge >= 0.3 is 5.69 Å². The summed E-state index contributed by atoms with van der Waals surface area (Å²) >= 11 is 0. The first-order valence-corrected chi connectivity index (χ1v) is 5.94. The van der Waals surface area contributed by atoms with E-state index in [1.165, 1.54) is 6.07 Å². The van der Waals surface area contributed by atoms with Crippen LogP contribution in [0.1, 0.15) is 11.1 Å². The summed E-state index contributed by atoms with van der Waals surface area (Å²) in [7, 11) is 0. The van der Waals surface area contributed by atoms with Gasteiger partial charge < -0.3 is 9.84 Å². The van der Waals surface area contributed by atoms with E-state index in [4.69, 9.17) is 4.74 Å². The first-order valence-electron chi connectivity index (χ1n) is 5.94. The summed E-state index contributed by atoms with van der Waals surface area (Å²) < 4.78 is 32.4. The lowest BCUT2D eigenvalue weighted by molar-refractivity contribution is -0.387. The molecule has 0 spiro atoms. The van der Waals surface area contributed by atoms with E-state index in [2.05, 4.69) is 0 Å². The van der Waals surface area contributed by atoms with E-state index in [9.17, 15) is 24.0 Å². The molecular weight excluding hydrogens is 284 g/mol. The van der Waals surface area contributed by atoms with Crippen LogP contribution >= 0.6 is 0 Å². The summed E-state index contributed by atoms with van der Waals surface area (Å²) in [5.74, 6) is -2.60. The van der Waals surface area contributed by atoms with Crippen molar-refractivity contribution >= 4 is 5.69 Å². The standard InChI is InChI=1S/C14H11F2NO4/c1-8-2-3-13(9(4-8)7-18)21-14-6-10(15)12(17(19)20)5-11(14)16/h2-6,18H,7H2,1H3. The molecule has 7 heteroatoms. The van der Waals surface area contributed by atoms with Crippen LogP contribution in [0.25, 0.3) is 0 Å². The summed E-state index contributed by atoms with van der Waals surface area (Å²) in [4.78, 5) is 9.49. The maximum absolute atomic E-state index is 13.7. The van der Waals surface area contributed by atoms with E-state index in [1.807, 2.05) is 0 Å². The van der Waals surface area contributed by atoms with Gasteiger partial charge in [-0.15, -0.1) is 0 Å². The van der Waals surface area contributed by atoms with E-state index in [0.717, 1.165) is 5.56 Å². The highest BCUT2D eigenvalue weighted by atomic mass is 19.1. The zero-order valence-corrected chi connectivity index (χ0v) is 11.0. The Balaban J connectivity index is 2.41. The molecule has 0 saturated carbocycles. The Kier molecular flexibility index (Phi) is 4.13. The van der Waals surface area contributed by atoms with Crippen molar-refractivity contribution in [3.05, 3.63) is 63.2 Å². The predicted molar refractivity (Wildman–Crippen MR) is 70.2 cm³/mol. The molecule has 2 rings (SSSR count). The van der Waals surface area contributed by atoms with Crippen LogP contribution in [0.3, 0.4) is 0 Å². The van der Waals surface area contributed by atoms with E-state index in [1.54, 1.807) is 19.1 Å². The molecule has 0 saturated heterocycles. The van der Waals surface area contributed by atoms with E-state index in [0.29, 0.717) is 17.7 Å². The predicted octanol–water partition coefficient (Wildman–Crippen LogP) is 3.47. The van der Waals surface area contributed by atoms with Gasteiger partial charge in [0.05, 0.1) is 17.6 Å². The molecule has 21 heavy (non-hydrogen) atoms. The molecule has 1 N–H and O–H groups in total. The summed E-state index contributed by atoms with van der Waals surface area (Å²) in [6, 6.07) is 5.87. The minimum Gasteiger partial charge on any atom is -0.454 e. The number of hydrogen-bond donors (Lipinski definition) is 1. The molecule has 0 aliphatic carbocycles. The molecular formula is C14H11F2NO4. The highest BCUT2D eigenvalue weighted by molar-refractivity contribution is 5.44. The van der Waals surface area contributed by atoms with Gasteiger partial charge in [0.25, 0.3) is 0 Å². The second-order valence-corrected chi connectivity index (χ2v) is 4.36. The molecule has 0 atom stereocenters. The maximum Gasteiger partial charge on any atom is 0.307 e. The van der Waals surface area contributed by atoms with Crippen molar-refractivity contribution < 1.29 is 23.5 Å². The molecule has 110 valence electrons. The molecule has 5 nitrogen and oxygen atoms in total. The van der Waals surface area contributed by atoms with Crippen molar-refractivity contribution in [3.8, 4) is 11.5 Å². The Bertz CT molecular complexity index is 704. The normalized spacial score (nSPS) is 10.5. The van der Waals surface area contributed by atoms with Crippen molar-refractivity contribution in [1.29, 1.82) is 0 Å². The number of aliphatic hydroxyl groups excluding tert-OH is 1. The van der Waals surface area contributed by atoms with Gasteiger partial charge in [0, 0.05) is 11.6 Å². The molecule has 0 unspecified atom stereocenters. The summed E-state index contributed by atoms with van der Waals surface area (Å²) in [5.41, 5.74) is 0.293. The van der Waals surface area contributed by atoms with Crippen LogP contribution in [-0.2, 0) is 6.61 Å². The Morgan fingerprint density at radius 3 is 2.52 bits per heavy atom. The fraction of sp³-hybridized carbons (Fsp3) is 0.143. The molecule has 0 amide bonds. The van der Waals surface area contributed by atoms with Gasteiger partial charge in [-0.25, -0.2) is 4.39 Å². The van der Waals surface area contributed by atoms with Gasteiger partial charge in [0.1, 0.15) is 5.75 Å². The molecule has 0 bridgehead atoms. The summed E-state index contributed by atoms with van der Waals surface area (Å²) in [5, 5.41) is 19.7. The number of halogens is 2. The largest absolute Gasteiger partial charge is 0.454 e. The van der Waals surface area contributed by atoms with Crippen molar-refractivity contribution in [1.82, 2.24) is 0 Å². The zero-order chi connectivity index (χ0) is 15.6. The minimum atomic E-state index is -1.20. The highest BCUT2D eigenvalue weighted by Crippen LogP contribution is 2.32. The maximum atomic E-state index is 13.7. The Labute approximate surface area is 118 Å². The number of hydrogen-bond acceptors (Lipinski definition) is 4. The molecule has 0 aliphatic heterocycles. The van der Waals surface area contributed by atoms with E-state index in [-0.39, 0.29) is 12.4 Å². The zero-order valence-electron chi connectivity index (χ0n) is 11.0. The van der Waals surface area contributed by atoms with Crippen molar-refractivity contribution in [2.24, 2.45) is 0 Å². The van der Waals surface area contributed by atoms with Crippen molar-refractivity contribution in [2.45, 2.75) is 13.5 Å². The lowest BCUT2D eigenvalue weighted by Gasteiger charge is -2.11. The third-order valence-electron chi connectivity index (χ3n) is 2.80. The number of nitrogens with zero attached hydrogens (tertiary/aromatic N) is 1. The van der Waals surface area contributed by atoms with Crippen LogP contribution < -0.4 is 4.74 Å². The Hall–Kier alpha value is -2.54. The Morgan fingerprint density at radius 2 is 1.90 bits per heavy atom. The second-order valence-electron chi connectivity index (χ2n) is 4.36. The van der Waals surface area contributed by atoms with Gasteiger partial charge in [-0.1, -0.05) is 17.7 Å². The van der Waals surface area contributed by atoms with E-state index >= 15 is 0 Å². The highest BCUT2D eigenvalue weighted by Gasteiger charge is 2.20. The lowest BCUT2D eigenvalue weighted by atomic mass is 10.1.